The maximum absolute atomic E-state index is 10.3. The smallest absolute Gasteiger partial charge is 0.130 e. The number of rotatable bonds is 3. The Kier molecular flexibility index (Phi) is 7.27. The zero-order valence-corrected chi connectivity index (χ0v) is 10.9. The highest BCUT2D eigenvalue weighted by Crippen LogP contribution is 2.09. The van der Waals surface area contributed by atoms with Crippen LogP contribution >= 0.6 is 0 Å². The molecule has 0 aliphatic heterocycles. The van der Waals surface area contributed by atoms with Gasteiger partial charge in [0, 0.05) is 6.42 Å². The second kappa shape index (κ2) is 7.91. The van der Waals surface area contributed by atoms with Gasteiger partial charge in [0.25, 0.3) is 0 Å². The molecule has 1 aromatic carbocycles. The number of hydrogen-bond donors (Lipinski definition) is 0. The van der Waals surface area contributed by atoms with Crippen LogP contribution in [0.4, 0.5) is 0 Å². The first-order valence-electron chi connectivity index (χ1n) is 5.55. The number of Topliss-reactive ketones (excluding diaryl/α,β-unsaturated/α-hetero) is 1. The Morgan fingerprint density at radius 1 is 1.25 bits per heavy atom. The summed E-state index contributed by atoms with van der Waals surface area (Å²) in [6, 6.07) is 7.96. The van der Waals surface area contributed by atoms with Gasteiger partial charge in [-0.25, -0.2) is 0 Å². The minimum absolute atomic E-state index is 0.287. The molecule has 0 fully saturated rings. The summed E-state index contributed by atoms with van der Waals surface area (Å²) < 4.78 is 4.97. The number of methoxy groups -OCH3 is 1. The summed E-state index contributed by atoms with van der Waals surface area (Å²) >= 11 is 0. The Balaban J connectivity index is 0.000000293. The number of benzene rings is 1. The fourth-order valence-corrected chi connectivity index (χ4v) is 1.25. The van der Waals surface area contributed by atoms with Crippen molar-refractivity contribution in [3.8, 4) is 5.75 Å². The minimum atomic E-state index is 0.287. The molecule has 90 valence electrons. The number of aryl methyl sites for hydroxylation is 1. The Morgan fingerprint density at radius 3 is 2.00 bits per heavy atom. The number of hydrogen-bond acceptors (Lipinski definition) is 2. The second-order valence-corrected chi connectivity index (χ2v) is 4.32. The number of ether oxygens (including phenoxy) is 1. The minimum Gasteiger partial charge on any atom is -0.497 e. The van der Waals surface area contributed by atoms with Crippen LogP contribution in [0.5, 0.6) is 5.75 Å². The maximum Gasteiger partial charge on any atom is 0.130 e. The highest BCUT2D eigenvalue weighted by atomic mass is 16.5. The molecule has 0 amide bonds. The number of carbonyl (C=O) groups excluding carboxylic acids is 1. The summed E-state index contributed by atoms with van der Waals surface area (Å²) in [5, 5.41) is 0. The molecule has 0 saturated heterocycles. The van der Waals surface area contributed by atoms with Gasteiger partial charge in [-0.2, -0.15) is 0 Å². The van der Waals surface area contributed by atoms with E-state index in [1.165, 1.54) is 5.56 Å². The van der Waals surface area contributed by atoms with E-state index in [1.807, 2.05) is 38.1 Å². The first-order chi connectivity index (χ1) is 7.45. The van der Waals surface area contributed by atoms with Crippen molar-refractivity contribution >= 4 is 5.78 Å². The van der Waals surface area contributed by atoms with Gasteiger partial charge in [0.05, 0.1) is 7.11 Å². The second-order valence-electron chi connectivity index (χ2n) is 4.32. The topological polar surface area (TPSA) is 26.3 Å². The van der Waals surface area contributed by atoms with Gasteiger partial charge in [0.15, 0.2) is 0 Å². The third kappa shape index (κ3) is 8.04. The van der Waals surface area contributed by atoms with Crippen molar-refractivity contribution in [1.82, 2.24) is 0 Å². The van der Waals surface area contributed by atoms with Crippen molar-refractivity contribution in [3.63, 3.8) is 0 Å². The average molecular weight is 222 g/mol. The quantitative estimate of drug-likeness (QED) is 0.780. The Hall–Kier alpha value is -1.31. The third-order valence-corrected chi connectivity index (χ3v) is 1.95. The summed E-state index contributed by atoms with van der Waals surface area (Å²) in [5.74, 6) is 1.73. The van der Waals surface area contributed by atoms with Gasteiger partial charge in [-0.15, -0.1) is 0 Å². The lowest BCUT2D eigenvalue weighted by Crippen LogP contribution is -1.95. The van der Waals surface area contributed by atoms with E-state index in [4.69, 9.17) is 4.74 Å². The van der Waals surface area contributed by atoms with E-state index in [0.717, 1.165) is 12.2 Å². The molecule has 16 heavy (non-hydrogen) atoms. The van der Waals surface area contributed by atoms with E-state index in [9.17, 15) is 4.79 Å². The highest BCUT2D eigenvalue weighted by Gasteiger charge is 1.95. The van der Waals surface area contributed by atoms with Crippen molar-refractivity contribution in [2.24, 2.45) is 5.92 Å². The summed E-state index contributed by atoms with van der Waals surface area (Å²) in [7, 11) is 1.67. The largest absolute Gasteiger partial charge is 0.497 e. The monoisotopic (exact) mass is 222 g/mol. The summed E-state index contributed by atoms with van der Waals surface area (Å²) in [6.07, 6.45) is 0.722. The van der Waals surface area contributed by atoms with Crippen LogP contribution in [0, 0.1) is 12.8 Å². The predicted molar refractivity (Wildman–Crippen MR) is 67.9 cm³/mol. The molecule has 0 aliphatic carbocycles. The van der Waals surface area contributed by atoms with Crippen LogP contribution in [-0.4, -0.2) is 12.9 Å². The summed E-state index contributed by atoms with van der Waals surface area (Å²) in [5.41, 5.74) is 1.26. The van der Waals surface area contributed by atoms with E-state index in [-0.39, 0.29) is 5.78 Å². The van der Waals surface area contributed by atoms with Crippen molar-refractivity contribution < 1.29 is 9.53 Å². The van der Waals surface area contributed by atoms with E-state index >= 15 is 0 Å². The molecule has 0 N–H and O–H groups in total. The zero-order valence-electron chi connectivity index (χ0n) is 10.9. The van der Waals surface area contributed by atoms with Crippen molar-refractivity contribution in [3.05, 3.63) is 29.8 Å². The van der Waals surface area contributed by atoms with Gasteiger partial charge in [-0.05, 0) is 31.9 Å². The molecule has 0 heterocycles. The Morgan fingerprint density at radius 2 is 1.75 bits per heavy atom. The first-order valence-corrected chi connectivity index (χ1v) is 5.55. The van der Waals surface area contributed by atoms with Crippen LogP contribution in [0.25, 0.3) is 0 Å². The summed E-state index contributed by atoms with van der Waals surface area (Å²) in [4.78, 5) is 10.3. The van der Waals surface area contributed by atoms with Crippen LogP contribution in [0.3, 0.4) is 0 Å². The van der Waals surface area contributed by atoms with Gasteiger partial charge in [0.2, 0.25) is 0 Å². The van der Waals surface area contributed by atoms with Gasteiger partial charge in [-0.1, -0.05) is 31.5 Å². The first kappa shape index (κ1) is 14.7. The lowest BCUT2D eigenvalue weighted by molar-refractivity contribution is -0.117. The standard InChI is InChI=1S/C8H10O.C6H12O/c1-7-3-5-8(9-2)6-4-7;1-5(2)4-6(3)7/h3-6H,1-2H3;5H,4H2,1-3H3. The van der Waals surface area contributed by atoms with Crippen LogP contribution in [0.2, 0.25) is 0 Å². The molecule has 0 aromatic heterocycles. The summed E-state index contributed by atoms with van der Waals surface area (Å²) in [6.45, 7) is 7.77. The molecule has 0 unspecified atom stereocenters. The van der Waals surface area contributed by atoms with Gasteiger partial charge < -0.3 is 9.53 Å². The van der Waals surface area contributed by atoms with Gasteiger partial charge in [-0.3, -0.25) is 0 Å². The molecule has 0 spiro atoms. The Bertz CT molecular complexity index is 299. The van der Waals surface area contributed by atoms with Gasteiger partial charge in [0.1, 0.15) is 11.5 Å². The fraction of sp³-hybridized carbons (Fsp3) is 0.500. The third-order valence-electron chi connectivity index (χ3n) is 1.95. The van der Waals surface area contributed by atoms with E-state index < -0.39 is 0 Å². The van der Waals surface area contributed by atoms with Crippen molar-refractivity contribution in [2.45, 2.75) is 34.1 Å². The van der Waals surface area contributed by atoms with Crippen LogP contribution in [0.1, 0.15) is 32.8 Å². The molecule has 2 heteroatoms. The van der Waals surface area contributed by atoms with E-state index in [2.05, 4.69) is 6.92 Å². The maximum atomic E-state index is 10.3. The molecule has 0 saturated carbocycles. The number of carbonyl (C=O) groups is 1. The van der Waals surface area contributed by atoms with Gasteiger partial charge >= 0.3 is 0 Å². The van der Waals surface area contributed by atoms with Crippen LogP contribution in [0.15, 0.2) is 24.3 Å². The molecule has 0 radical (unpaired) electrons. The molecular formula is C14H22O2. The molecule has 1 aromatic rings. The highest BCUT2D eigenvalue weighted by molar-refractivity contribution is 5.75. The molecule has 0 bridgehead atoms. The van der Waals surface area contributed by atoms with Crippen LogP contribution in [-0.2, 0) is 4.79 Å². The molecule has 1 rings (SSSR count). The van der Waals surface area contributed by atoms with Crippen molar-refractivity contribution in [2.75, 3.05) is 7.11 Å². The van der Waals surface area contributed by atoms with Crippen molar-refractivity contribution in [1.29, 1.82) is 0 Å². The SMILES string of the molecule is CC(=O)CC(C)C.COc1ccc(C)cc1. The lowest BCUT2D eigenvalue weighted by atomic mass is 10.1. The Labute approximate surface area is 98.6 Å². The number of ketones is 1. The van der Waals surface area contributed by atoms with Crippen LogP contribution < -0.4 is 4.74 Å². The molecule has 2 nitrogen and oxygen atoms in total. The lowest BCUT2D eigenvalue weighted by Gasteiger charge is -1.97. The normalized spacial score (nSPS) is 9.38. The molecule has 0 aliphatic rings. The molecular weight excluding hydrogens is 200 g/mol. The zero-order chi connectivity index (χ0) is 12.6. The average Bonchev–Trinajstić information content (AvgIpc) is 2.17. The van der Waals surface area contributed by atoms with E-state index in [0.29, 0.717) is 5.92 Å². The van der Waals surface area contributed by atoms with E-state index in [1.54, 1.807) is 14.0 Å². The fourth-order valence-electron chi connectivity index (χ4n) is 1.25. The predicted octanol–water partition coefficient (Wildman–Crippen LogP) is 3.63. The molecule has 0 atom stereocenters.